The van der Waals surface area contributed by atoms with Crippen molar-refractivity contribution < 1.29 is 14.3 Å². The molecule has 112 valence electrons. The Bertz CT molecular complexity index is 420. The standard InChI is InChI=1S/C15H22FNO2S/c1-15(2,12-4-6-13(16)7-5-12)14(19)17-8-11-20-10-3-9-18/h4-7,18H,3,8-11H2,1-2H3,(H,17,19). The molecular weight excluding hydrogens is 277 g/mol. The lowest BCUT2D eigenvalue weighted by Crippen LogP contribution is -2.41. The van der Waals surface area contributed by atoms with Gasteiger partial charge in [0.05, 0.1) is 5.41 Å². The minimum atomic E-state index is -0.677. The summed E-state index contributed by atoms with van der Waals surface area (Å²) in [4.78, 5) is 12.2. The molecule has 1 aromatic carbocycles. The summed E-state index contributed by atoms with van der Waals surface area (Å²) in [6.07, 6.45) is 0.777. The van der Waals surface area contributed by atoms with Gasteiger partial charge in [0.15, 0.2) is 0 Å². The summed E-state index contributed by atoms with van der Waals surface area (Å²) < 4.78 is 12.9. The number of benzene rings is 1. The van der Waals surface area contributed by atoms with E-state index < -0.39 is 5.41 Å². The van der Waals surface area contributed by atoms with Gasteiger partial charge in [0.2, 0.25) is 5.91 Å². The van der Waals surface area contributed by atoms with Gasteiger partial charge in [-0.05, 0) is 43.7 Å². The predicted molar refractivity (Wildman–Crippen MR) is 81.5 cm³/mol. The van der Waals surface area contributed by atoms with Gasteiger partial charge in [0.1, 0.15) is 5.82 Å². The second-order valence-electron chi connectivity index (χ2n) is 5.08. The van der Waals surface area contributed by atoms with Gasteiger partial charge in [0.25, 0.3) is 0 Å². The van der Waals surface area contributed by atoms with Crippen LogP contribution in [0.15, 0.2) is 24.3 Å². The molecule has 3 nitrogen and oxygen atoms in total. The Morgan fingerprint density at radius 3 is 2.55 bits per heavy atom. The summed E-state index contributed by atoms with van der Waals surface area (Å²) in [7, 11) is 0. The van der Waals surface area contributed by atoms with Crippen molar-refractivity contribution >= 4 is 17.7 Å². The molecule has 0 aliphatic heterocycles. The third kappa shape index (κ3) is 5.13. The second kappa shape index (κ2) is 8.27. The highest BCUT2D eigenvalue weighted by molar-refractivity contribution is 7.99. The maximum Gasteiger partial charge on any atom is 0.230 e. The Morgan fingerprint density at radius 1 is 1.30 bits per heavy atom. The first-order valence-corrected chi connectivity index (χ1v) is 7.87. The number of carbonyl (C=O) groups excluding carboxylic acids is 1. The van der Waals surface area contributed by atoms with E-state index in [1.54, 1.807) is 23.9 Å². The average molecular weight is 299 g/mol. The van der Waals surface area contributed by atoms with Gasteiger partial charge in [-0.2, -0.15) is 11.8 Å². The molecule has 0 atom stereocenters. The zero-order valence-electron chi connectivity index (χ0n) is 12.0. The number of aliphatic hydroxyl groups excluding tert-OH is 1. The van der Waals surface area contributed by atoms with Crippen LogP contribution < -0.4 is 5.32 Å². The Kier molecular flexibility index (Phi) is 7.02. The summed E-state index contributed by atoms with van der Waals surface area (Å²) in [5, 5.41) is 11.6. The van der Waals surface area contributed by atoms with Crippen LogP contribution in [0.3, 0.4) is 0 Å². The van der Waals surface area contributed by atoms with E-state index >= 15 is 0 Å². The maximum atomic E-state index is 12.9. The van der Waals surface area contributed by atoms with Crippen molar-refractivity contribution in [2.45, 2.75) is 25.7 Å². The fourth-order valence-corrected chi connectivity index (χ4v) is 2.51. The van der Waals surface area contributed by atoms with Crippen molar-refractivity contribution in [3.05, 3.63) is 35.6 Å². The van der Waals surface area contributed by atoms with Crippen LogP contribution in [0.5, 0.6) is 0 Å². The minimum absolute atomic E-state index is 0.0631. The molecule has 0 saturated carbocycles. The number of amides is 1. The fourth-order valence-electron chi connectivity index (χ4n) is 1.72. The van der Waals surface area contributed by atoms with E-state index in [1.165, 1.54) is 12.1 Å². The summed E-state index contributed by atoms with van der Waals surface area (Å²) in [5.74, 6) is 1.36. The lowest BCUT2D eigenvalue weighted by Gasteiger charge is -2.24. The van der Waals surface area contributed by atoms with E-state index in [-0.39, 0.29) is 18.3 Å². The first kappa shape index (κ1) is 17.0. The van der Waals surface area contributed by atoms with E-state index in [0.29, 0.717) is 6.54 Å². The summed E-state index contributed by atoms with van der Waals surface area (Å²) >= 11 is 1.70. The van der Waals surface area contributed by atoms with Crippen molar-refractivity contribution in [2.75, 3.05) is 24.7 Å². The fraction of sp³-hybridized carbons (Fsp3) is 0.533. The van der Waals surface area contributed by atoms with Gasteiger partial charge in [0, 0.05) is 18.9 Å². The molecule has 0 saturated heterocycles. The van der Waals surface area contributed by atoms with Crippen molar-refractivity contribution in [3.8, 4) is 0 Å². The molecule has 0 fully saturated rings. The molecule has 0 radical (unpaired) electrons. The quantitative estimate of drug-likeness (QED) is 0.724. The molecule has 5 heteroatoms. The highest BCUT2D eigenvalue weighted by Gasteiger charge is 2.29. The van der Waals surface area contributed by atoms with Crippen LogP contribution in [-0.4, -0.2) is 35.7 Å². The monoisotopic (exact) mass is 299 g/mol. The normalized spacial score (nSPS) is 11.4. The molecule has 0 aliphatic rings. The molecule has 20 heavy (non-hydrogen) atoms. The van der Waals surface area contributed by atoms with E-state index in [1.807, 2.05) is 13.8 Å². The van der Waals surface area contributed by atoms with E-state index in [9.17, 15) is 9.18 Å². The zero-order valence-corrected chi connectivity index (χ0v) is 12.8. The number of hydrogen-bond donors (Lipinski definition) is 2. The Morgan fingerprint density at radius 2 is 1.95 bits per heavy atom. The van der Waals surface area contributed by atoms with Gasteiger partial charge in [-0.3, -0.25) is 4.79 Å². The summed E-state index contributed by atoms with van der Waals surface area (Å²) in [5.41, 5.74) is 0.119. The number of carbonyl (C=O) groups is 1. The van der Waals surface area contributed by atoms with Gasteiger partial charge in [-0.25, -0.2) is 4.39 Å². The summed E-state index contributed by atoms with van der Waals surface area (Å²) in [6, 6.07) is 6.03. The third-order valence-corrected chi connectivity index (χ3v) is 4.18. The molecular formula is C15H22FNO2S. The molecule has 1 amide bonds. The van der Waals surface area contributed by atoms with E-state index in [0.717, 1.165) is 23.5 Å². The average Bonchev–Trinajstić information content (AvgIpc) is 2.43. The molecule has 0 spiro atoms. The number of rotatable bonds is 8. The van der Waals surface area contributed by atoms with Crippen LogP contribution in [0, 0.1) is 5.82 Å². The highest BCUT2D eigenvalue weighted by atomic mass is 32.2. The lowest BCUT2D eigenvalue weighted by atomic mass is 9.84. The maximum absolute atomic E-state index is 12.9. The van der Waals surface area contributed by atoms with Gasteiger partial charge in [-0.1, -0.05) is 12.1 Å². The number of halogens is 1. The van der Waals surface area contributed by atoms with Crippen LogP contribution >= 0.6 is 11.8 Å². The number of aliphatic hydroxyl groups is 1. The lowest BCUT2D eigenvalue weighted by molar-refractivity contribution is -0.125. The Hall–Kier alpha value is -1.07. The molecule has 0 bridgehead atoms. The topological polar surface area (TPSA) is 49.3 Å². The predicted octanol–water partition coefficient (Wildman–Crippen LogP) is 2.34. The SMILES string of the molecule is CC(C)(C(=O)NCCSCCCO)c1ccc(F)cc1. The first-order chi connectivity index (χ1) is 9.48. The number of nitrogens with one attached hydrogen (secondary N) is 1. The molecule has 1 rings (SSSR count). The number of hydrogen-bond acceptors (Lipinski definition) is 3. The zero-order chi connectivity index (χ0) is 15.0. The third-order valence-electron chi connectivity index (χ3n) is 3.11. The van der Waals surface area contributed by atoms with Crippen LogP contribution in [0.1, 0.15) is 25.8 Å². The second-order valence-corrected chi connectivity index (χ2v) is 6.30. The van der Waals surface area contributed by atoms with E-state index in [2.05, 4.69) is 5.32 Å². The van der Waals surface area contributed by atoms with Crippen LogP contribution in [0.4, 0.5) is 4.39 Å². The molecule has 0 aliphatic carbocycles. The van der Waals surface area contributed by atoms with E-state index in [4.69, 9.17) is 5.11 Å². The molecule has 2 N–H and O–H groups in total. The van der Waals surface area contributed by atoms with Crippen LogP contribution in [-0.2, 0) is 10.2 Å². The number of thioether (sulfide) groups is 1. The first-order valence-electron chi connectivity index (χ1n) is 6.71. The highest BCUT2D eigenvalue weighted by Crippen LogP contribution is 2.23. The van der Waals surface area contributed by atoms with Gasteiger partial charge < -0.3 is 10.4 Å². The molecule has 0 unspecified atom stereocenters. The summed E-state index contributed by atoms with van der Waals surface area (Å²) in [6.45, 7) is 4.46. The van der Waals surface area contributed by atoms with Crippen molar-refractivity contribution in [3.63, 3.8) is 0 Å². The van der Waals surface area contributed by atoms with Crippen LogP contribution in [0.25, 0.3) is 0 Å². The molecule has 1 aromatic rings. The Labute approximate surface area is 124 Å². The minimum Gasteiger partial charge on any atom is -0.396 e. The van der Waals surface area contributed by atoms with Crippen LogP contribution in [0.2, 0.25) is 0 Å². The van der Waals surface area contributed by atoms with Crippen molar-refractivity contribution in [1.29, 1.82) is 0 Å². The van der Waals surface area contributed by atoms with Gasteiger partial charge in [-0.15, -0.1) is 0 Å². The van der Waals surface area contributed by atoms with Crippen molar-refractivity contribution in [1.82, 2.24) is 5.32 Å². The smallest absolute Gasteiger partial charge is 0.230 e. The van der Waals surface area contributed by atoms with Gasteiger partial charge >= 0.3 is 0 Å². The molecule has 0 aromatic heterocycles. The molecule has 0 heterocycles. The van der Waals surface area contributed by atoms with Crippen molar-refractivity contribution in [2.24, 2.45) is 0 Å². The Balaban J connectivity index is 2.43. The largest absolute Gasteiger partial charge is 0.396 e.